The molecule has 0 N–H and O–H groups in total. The fraction of sp³-hybridized carbons (Fsp3) is 0.333. The van der Waals surface area contributed by atoms with Crippen molar-refractivity contribution in [3.05, 3.63) is 83.4 Å². The predicted octanol–water partition coefficient (Wildman–Crippen LogP) is 6.16. The zero-order valence-electron chi connectivity index (χ0n) is 22.3. The summed E-state index contributed by atoms with van der Waals surface area (Å²) in [6.45, 7) is 7.81. The van der Waals surface area contributed by atoms with Crippen LogP contribution in [0.2, 0.25) is 0 Å². The number of amides is 1. The van der Waals surface area contributed by atoms with Gasteiger partial charge in [0.15, 0.2) is 11.6 Å². The van der Waals surface area contributed by atoms with Gasteiger partial charge in [0.25, 0.3) is 0 Å². The lowest BCUT2D eigenvalue weighted by Crippen LogP contribution is -2.42. The molecule has 1 amide bonds. The van der Waals surface area contributed by atoms with E-state index in [1.807, 2.05) is 45.0 Å². The lowest BCUT2D eigenvalue weighted by molar-refractivity contribution is -0.152. The van der Waals surface area contributed by atoms with Gasteiger partial charge in [-0.25, -0.2) is 8.78 Å². The minimum Gasteiger partial charge on any atom is -0.496 e. The second-order valence-electron chi connectivity index (χ2n) is 9.82. The lowest BCUT2D eigenvalue weighted by atomic mass is 9.94. The first-order chi connectivity index (χ1) is 18.0. The molecule has 6 nitrogen and oxygen atoms in total. The molecular weight excluding hydrogens is 492 g/mol. The molecule has 0 aliphatic carbocycles. The highest BCUT2D eigenvalue weighted by molar-refractivity contribution is 5.85. The second-order valence-corrected chi connectivity index (χ2v) is 9.82. The van der Waals surface area contributed by atoms with E-state index in [9.17, 15) is 18.4 Å². The van der Waals surface area contributed by atoms with E-state index < -0.39 is 23.0 Å². The molecule has 8 heteroatoms. The zero-order valence-corrected chi connectivity index (χ0v) is 22.3. The summed E-state index contributed by atoms with van der Waals surface area (Å²) >= 11 is 0. The number of rotatable bonds is 10. The Morgan fingerprint density at radius 2 is 1.58 bits per heavy atom. The van der Waals surface area contributed by atoms with Gasteiger partial charge in [-0.2, -0.15) is 0 Å². The highest BCUT2D eigenvalue weighted by atomic mass is 19.2. The largest absolute Gasteiger partial charge is 0.496 e. The number of hydrogen-bond donors (Lipinski definition) is 0. The molecule has 38 heavy (non-hydrogen) atoms. The molecule has 0 heterocycles. The molecule has 0 bridgehead atoms. The minimum atomic E-state index is -0.973. The highest BCUT2D eigenvalue weighted by Gasteiger charge is 2.29. The molecule has 0 saturated carbocycles. The van der Waals surface area contributed by atoms with Crippen LogP contribution in [0, 0.1) is 17.0 Å². The smallest absolute Gasteiger partial charge is 0.325 e. The van der Waals surface area contributed by atoms with E-state index in [-0.39, 0.29) is 38.0 Å². The maximum Gasteiger partial charge on any atom is 0.325 e. The summed E-state index contributed by atoms with van der Waals surface area (Å²) in [5.41, 5.74) is 2.17. The summed E-state index contributed by atoms with van der Waals surface area (Å²) in [6, 6.07) is 16.7. The van der Waals surface area contributed by atoms with Crippen molar-refractivity contribution in [1.82, 2.24) is 4.90 Å². The third-order valence-corrected chi connectivity index (χ3v) is 5.73. The third kappa shape index (κ3) is 7.54. The number of hydrogen-bond acceptors (Lipinski definition) is 5. The fourth-order valence-corrected chi connectivity index (χ4v) is 3.89. The number of nitrogens with zero attached hydrogens (tertiary/aromatic N) is 1. The van der Waals surface area contributed by atoms with Gasteiger partial charge < -0.3 is 19.1 Å². The molecular formula is C30H33F2NO5. The van der Waals surface area contributed by atoms with Crippen LogP contribution in [0.1, 0.15) is 38.8 Å². The predicted molar refractivity (Wildman–Crippen MR) is 141 cm³/mol. The molecule has 0 spiro atoms. The zero-order chi connectivity index (χ0) is 27.9. The molecule has 0 aromatic heterocycles. The Kier molecular flexibility index (Phi) is 9.45. The molecule has 0 fully saturated rings. The summed E-state index contributed by atoms with van der Waals surface area (Å²) in [5.74, 6) is -1.70. The van der Waals surface area contributed by atoms with Crippen molar-refractivity contribution in [3.8, 4) is 22.6 Å². The third-order valence-electron chi connectivity index (χ3n) is 5.73. The number of halogens is 2. The van der Waals surface area contributed by atoms with Gasteiger partial charge in [0.1, 0.15) is 24.7 Å². The summed E-state index contributed by atoms with van der Waals surface area (Å²) in [7, 11) is 1.40. The van der Waals surface area contributed by atoms with E-state index in [0.29, 0.717) is 16.9 Å². The quantitative estimate of drug-likeness (QED) is 0.297. The van der Waals surface area contributed by atoms with Crippen molar-refractivity contribution >= 4 is 11.9 Å². The Labute approximate surface area is 222 Å². The number of carbonyl (C=O) groups is 2. The minimum absolute atomic E-state index is 0.125. The number of methoxy groups -OCH3 is 1. The van der Waals surface area contributed by atoms with Crippen molar-refractivity contribution in [3.63, 3.8) is 0 Å². The second kappa shape index (κ2) is 12.5. The molecule has 3 aromatic carbocycles. The average Bonchev–Trinajstić information content (AvgIpc) is 2.88. The first-order valence-corrected chi connectivity index (χ1v) is 12.3. The molecule has 0 aliphatic rings. The van der Waals surface area contributed by atoms with Gasteiger partial charge in [-0.3, -0.25) is 9.59 Å². The Hall–Kier alpha value is -3.94. The van der Waals surface area contributed by atoms with Gasteiger partial charge in [0.2, 0.25) is 5.91 Å². The van der Waals surface area contributed by atoms with Crippen LogP contribution in [0.3, 0.4) is 0 Å². The molecule has 0 radical (unpaired) electrons. The summed E-state index contributed by atoms with van der Waals surface area (Å²) in [4.78, 5) is 26.6. The van der Waals surface area contributed by atoms with E-state index in [1.165, 1.54) is 12.0 Å². The van der Waals surface area contributed by atoms with Crippen molar-refractivity contribution in [2.24, 2.45) is 5.41 Å². The Morgan fingerprint density at radius 3 is 2.21 bits per heavy atom. The molecule has 3 aromatic rings. The van der Waals surface area contributed by atoms with Crippen molar-refractivity contribution in [1.29, 1.82) is 0 Å². The van der Waals surface area contributed by atoms with Crippen LogP contribution in [-0.2, 0) is 27.5 Å². The Bertz CT molecular complexity index is 1270. The summed E-state index contributed by atoms with van der Waals surface area (Å²) in [6.07, 6.45) is 0. The van der Waals surface area contributed by atoms with Gasteiger partial charge in [0.05, 0.1) is 13.7 Å². The molecule has 0 saturated heterocycles. The van der Waals surface area contributed by atoms with Gasteiger partial charge in [-0.1, -0.05) is 57.2 Å². The first kappa shape index (κ1) is 28.6. The summed E-state index contributed by atoms with van der Waals surface area (Å²) in [5, 5.41) is 0. The van der Waals surface area contributed by atoms with Crippen LogP contribution in [-0.4, -0.2) is 37.0 Å². The van der Waals surface area contributed by atoms with Crippen molar-refractivity contribution < 1.29 is 32.6 Å². The molecule has 0 atom stereocenters. The van der Waals surface area contributed by atoms with Crippen LogP contribution in [0.5, 0.6) is 11.5 Å². The Balaban J connectivity index is 1.70. The maximum absolute atomic E-state index is 13.8. The van der Waals surface area contributed by atoms with Gasteiger partial charge in [-0.15, -0.1) is 0 Å². The van der Waals surface area contributed by atoms with E-state index in [2.05, 4.69) is 0 Å². The number of benzene rings is 3. The van der Waals surface area contributed by atoms with E-state index in [4.69, 9.17) is 14.2 Å². The normalized spacial score (nSPS) is 11.1. The highest BCUT2D eigenvalue weighted by Crippen LogP contribution is 2.33. The van der Waals surface area contributed by atoms with Crippen LogP contribution >= 0.6 is 0 Å². The van der Waals surface area contributed by atoms with Crippen LogP contribution in [0.4, 0.5) is 8.78 Å². The molecule has 3 rings (SSSR count). The van der Waals surface area contributed by atoms with Crippen LogP contribution in [0.15, 0.2) is 60.7 Å². The standard InChI is InChI=1S/C30H33F2NO5/c1-6-37-28(34)18-33(29(35)30(2,3)4)17-20-8-7-9-21(14-20)19-38-23-12-10-22(11-13-23)24-15-25(31)26(32)16-27(24)36-5/h7-16H,6,17-19H2,1-5H3. The summed E-state index contributed by atoms with van der Waals surface area (Å²) < 4.78 is 43.5. The van der Waals surface area contributed by atoms with Gasteiger partial charge in [-0.05, 0) is 41.8 Å². The molecule has 0 aliphatic heterocycles. The average molecular weight is 526 g/mol. The maximum atomic E-state index is 13.8. The topological polar surface area (TPSA) is 65.1 Å². The monoisotopic (exact) mass is 525 g/mol. The lowest BCUT2D eigenvalue weighted by Gasteiger charge is -2.29. The van der Waals surface area contributed by atoms with Crippen LogP contribution < -0.4 is 9.47 Å². The number of ether oxygens (including phenoxy) is 3. The fourth-order valence-electron chi connectivity index (χ4n) is 3.89. The van der Waals surface area contributed by atoms with Gasteiger partial charge in [0, 0.05) is 23.6 Å². The van der Waals surface area contributed by atoms with Crippen molar-refractivity contribution in [2.75, 3.05) is 20.3 Å². The molecule has 202 valence electrons. The SMILES string of the molecule is CCOC(=O)CN(Cc1cccc(COc2ccc(-c3cc(F)c(F)cc3OC)cc2)c1)C(=O)C(C)(C)C. The van der Waals surface area contributed by atoms with Gasteiger partial charge >= 0.3 is 5.97 Å². The first-order valence-electron chi connectivity index (χ1n) is 12.3. The number of carbonyl (C=O) groups excluding carboxylic acids is 2. The molecule has 0 unspecified atom stereocenters. The van der Waals surface area contributed by atoms with E-state index >= 15 is 0 Å². The Morgan fingerprint density at radius 1 is 0.921 bits per heavy atom. The van der Waals surface area contributed by atoms with E-state index in [0.717, 1.165) is 23.3 Å². The van der Waals surface area contributed by atoms with Crippen LogP contribution in [0.25, 0.3) is 11.1 Å². The van der Waals surface area contributed by atoms with Crippen molar-refractivity contribution in [2.45, 2.75) is 40.8 Å². The van der Waals surface area contributed by atoms with E-state index in [1.54, 1.807) is 31.2 Å². The number of esters is 1.